The zero-order valence-corrected chi connectivity index (χ0v) is 13.5. The molecule has 1 saturated carbocycles. The molecule has 1 N–H and O–H groups in total. The number of benzene rings is 1. The summed E-state index contributed by atoms with van der Waals surface area (Å²) < 4.78 is 10.4. The lowest BCUT2D eigenvalue weighted by molar-refractivity contribution is 0.0949. The van der Waals surface area contributed by atoms with Crippen molar-refractivity contribution < 1.29 is 14.3 Å². The summed E-state index contributed by atoms with van der Waals surface area (Å²) >= 11 is 1.76. The monoisotopic (exact) mass is 317 g/mol. The van der Waals surface area contributed by atoms with Crippen molar-refractivity contribution in [1.29, 1.82) is 0 Å². The highest BCUT2D eigenvalue weighted by molar-refractivity contribution is 7.10. The van der Waals surface area contributed by atoms with Gasteiger partial charge in [-0.3, -0.25) is 4.79 Å². The molecule has 1 heterocycles. The topological polar surface area (TPSA) is 47.6 Å². The Morgan fingerprint density at radius 2 is 2.00 bits per heavy atom. The van der Waals surface area contributed by atoms with Crippen molar-refractivity contribution in [1.82, 2.24) is 5.32 Å². The summed E-state index contributed by atoms with van der Waals surface area (Å²) in [5, 5.41) is 5.14. The fraction of sp³-hybridized carbons (Fsp3) is 0.353. The van der Waals surface area contributed by atoms with Gasteiger partial charge in [-0.05, 0) is 42.5 Å². The van der Waals surface area contributed by atoms with Gasteiger partial charge >= 0.3 is 0 Å². The van der Waals surface area contributed by atoms with Crippen LogP contribution in [0.15, 0.2) is 35.7 Å². The van der Waals surface area contributed by atoms with E-state index in [9.17, 15) is 4.79 Å². The van der Waals surface area contributed by atoms with E-state index in [1.807, 2.05) is 0 Å². The molecule has 1 aliphatic carbocycles. The van der Waals surface area contributed by atoms with Crippen LogP contribution in [0.2, 0.25) is 0 Å². The number of methoxy groups -OCH3 is 2. The van der Waals surface area contributed by atoms with Crippen molar-refractivity contribution in [2.24, 2.45) is 0 Å². The van der Waals surface area contributed by atoms with Crippen LogP contribution in [0.4, 0.5) is 0 Å². The van der Waals surface area contributed by atoms with Gasteiger partial charge in [0, 0.05) is 22.4 Å². The first-order chi connectivity index (χ1) is 10.7. The molecule has 22 heavy (non-hydrogen) atoms. The molecule has 1 aromatic carbocycles. The predicted molar refractivity (Wildman–Crippen MR) is 87.1 cm³/mol. The first kappa shape index (κ1) is 14.9. The molecule has 0 radical (unpaired) electrons. The third-order valence-electron chi connectivity index (χ3n) is 4.13. The Balaban J connectivity index is 1.68. The van der Waals surface area contributed by atoms with Crippen LogP contribution in [0.1, 0.15) is 28.1 Å². The first-order valence-corrected chi connectivity index (χ1v) is 8.11. The summed E-state index contributed by atoms with van der Waals surface area (Å²) in [5.74, 6) is 1.11. The molecule has 2 aromatic rings. The second-order valence-electron chi connectivity index (χ2n) is 5.51. The van der Waals surface area contributed by atoms with E-state index in [-0.39, 0.29) is 11.3 Å². The van der Waals surface area contributed by atoms with E-state index in [2.05, 4.69) is 22.8 Å². The molecular formula is C17H19NO3S. The fourth-order valence-electron chi connectivity index (χ4n) is 2.57. The number of hydrogen-bond donors (Lipinski definition) is 1. The second kappa shape index (κ2) is 6.01. The van der Waals surface area contributed by atoms with Crippen molar-refractivity contribution in [3.8, 4) is 11.5 Å². The van der Waals surface area contributed by atoms with Gasteiger partial charge in [-0.2, -0.15) is 0 Å². The largest absolute Gasteiger partial charge is 0.493 e. The fourth-order valence-corrected chi connectivity index (χ4v) is 3.56. The van der Waals surface area contributed by atoms with Crippen LogP contribution in [0, 0.1) is 0 Å². The summed E-state index contributed by atoms with van der Waals surface area (Å²) in [4.78, 5) is 13.7. The minimum atomic E-state index is -0.0798. The molecule has 1 aromatic heterocycles. The van der Waals surface area contributed by atoms with Crippen LogP contribution < -0.4 is 14.8 Å². The molecule has 0 spiro atoms. The molecule has 0 atom stereocenters. The van der Waals surface area contributed by atoms with Crippen molar-refractivity contribution in [2.45, 2.75) is 18.3 Å². The Kier molecular flexibility index (Phi) is 4.07. The minimum absolute atomic E-state index is 0.0798. The number of carbonyl (C=O) groups excluding carboxylic acids is 1. The van der Waals surface area contributed by atoms with Crippen molar-refractivity contribution in [3.63, 3.8) is 0 Å². The van der Waals surface area contributed by atoms with Gasteiger partial charge in [-0.25, -0.2) is 0 Å². The third kappa shape index (κ3) is 2.81. The molecule has 116 valence electrons. The summed E-state index contributed by atoms with van der Waals surface area (Å²) in [6.45, 7) is 0.681. The van der Waals surface area contributed by atoms with Crippen LogP contribution in [0.5, 0.6) is 11.5 Å². The van der Waals surface area contributed by atoms with E-state index in [4.69, 9.17) is 9.47 Å². The molecule has 1 aliphatic rings. The molecule has 1 fully saturated rings. The van der Waals surface area contributed by atoms with E-state index in [0.29, 0.717) is 23.6 Å². The van der Waals surface area contributed by atoms with E-state index >= 15 is 0 Å². The van der Waals surface area contributed by atoms with Gasteiger partial charge < -0.3 is 14.8 Å². The molecule has 1 amide bonds. The molecule has 5 heteroatoms. The summed E-state index contributed by atoms with van der Waals surface area (Å²) in [6, 6.07) is 9.43. The average molecular weight is 317 g/mol. The van der Waals surface area contributed by atoms with Gasteiger partial charge in [0.25, 0.3) is 5.91 Å². The highest BCUT2D eigenvalue weighted by Crippen LogP contribution is 2.49. The molecule has 0 unspecified atom stereocenters. The van der Waals surface area contributed by atoms with Crippen LogP contribution >= 0.6 is 11.3 Å². The highest BCUT2D eigenvalue weighted by Gasteiger charge is 2.45. The van der Waals surface area contributed by atoms with E-state index < -0.39 is 0 Å². The maximum Gasteiger partial charge on any atom is 0.251 e. The van der Waals surface area contributed by atoms with Gasteiger partial charge in [0.15, 0.2) is 11.5 Å². The standard InChI is InChI=1S/C17H19NO3S/c1-20-13-6-5-12(10-14(13)21-2)16(19)18-11-17(7-8-17)15-4-3-9-22-15/h3-6,9-10H,7-8,11H2,1-2H3,(H,18,19). The first-order valence-electron chi connectivity index (χ1n) is 7.23. The number of hydrogen-bond acceptors (Lipinski definition) is 4. The zero-order valence-electron chi connectivity index (χ0n) is 12.7. The summed E-state index contributed by atoms with van der Waals surface area (Å²) in [6.07, 6.45) is 2.28. The quantitative estimate of drug-likeness (QED) is 0.890. The lowest BCUT2D eigenvalue weighted by atomic mass is 10.1. The predicted octanol–water partition coefficient (Wildman–Crippen LogP) is 3.23. The Morgan fingerprint density at radius 3 is 2.59 bits per heavy atom. The Hall–Kier alpha value is -2.01. The maximum absolute atomic E-state index is 12.4. The number of thiophene rings is 1. The smallest absolute Gasteiger partial charge is 0.251 e. The van der Waals surface area contributed by atoms with Crippen molar-refractivity contribution in [2.75, 3.05) is 20.8 Å². The molecule has 3 rings (SSSR count). The molecule has 4 nitrogen and oxygen atoms in total. The Labute approximate surface area is 134 Å². The van der Waals surface area contributed by atoms with Crippen molar-refractivity contribution >= 4 is 17.2 Å². The van der Waals surface area contributed by atoms with E-state index in [1.165, 1.54) is 4.88 Å². The SMILES string of the molecule is COc1ccc(C(=O)NCC2(c3cccs3)CC2)cc1OC. The summed E-state index contributed by atoms with van der Waals surface area (Å²) in [7, 11) is 3.14. The molecule has 0 bridgehead atoms. The lowest BCUT2D eigenvalue weighted by Crippen LogP contribution is -2.31. The number of rotatable bonds is 6. The van der Waals surface area contributed by atoms with Crippen LogP contribution in [0.3, 0.4) is 0 Å². The van der Waals surface area contributed by atoms with E-state index in [1.54, 1.807) is 43.8 Å². The minimum Gasteiger partial charge on any atom is -0.493 e. The normalized spacial score (nSPS) is 15.2. The van der Waals surface area contributed by atoms with Crippen LogP contribution in [0.25, 0.3) is 0 Å². The van der Waals surface area contributed by atoms with E-state index in [0.717, 1.165) is 12.8 Å². The summed E-state index contributed by atoms with van der Waals surface area (Å²) in [5.41, 5.74) is 0.736. The van der Waals surface area contributed by atoms with Crippen LogP contribution in [-0.2, 0) is 5.41 Å². The average Bonchev–Trinajstić information content (AvgIpc) is 3.14. The number of carbonyl (C=O) groups is 1. The zero-order chi connectivity index (χ0) is 15.6. The number of amides is 1. The van der Waals surface area contributed by atoms with Gasteiger partial charge in [-0.1, -0.05) is 6.07 Å². The Morgan fingerprint density at radius 1 is 1.23 bits per heavy atom. The second-order valence-corrected chi connectivity index (χ2v) is 6.46. The van der Waals surface area contributed by atoms with Gasteiger partial charge in [-0.15, -0.1) is 11.3 Å². The highest BCUT2D eigenvalue weighted by atomic mass is 32.1. The maximum atomic E-state index is 12.4. The Bertz CT molecular complexity index is 663. The van der Waals surface area contributed by atoms with Crippen LogP contribution in [-0.4, -0.2) is 26.7 Å². The molecular weight excluding hydrogens is 298 g/mol. The van der Waals surface area contributed by atoms with Gasteiger partial charge in [0.2, 0.25) is 0 Å². The molecule has 0 aliphatic heterocycles. The van der Waals surface area contributed by atoms with Gasteiger partial charge in [0.1, 0.15) is 0 Å². The van der Waals surface area contributed by atoms with Gasteiger partial charge in [0.05, 0.1) is 14.2 Å². The molecule has 0 saturated heterocycles. The number of nitrogens with one attached hydrogen (secondary N) is 1. The lowest BCUT2D eigenvalue weighted by Gasteiger charge is -2.15. The number of ether oxygens (including phenoxy) is 2. The third-order valence-corrected chi connectivity index (χ3v) is 5.25. The van der Waals surface area contributed by atoms with Crippen molar-refractivity contribution in [3.05, 3.63) is 46.2 Å².